The van der Waals surface area contributed by atoms with Crippen molar-refractivity contribution in [2.75, 3.05) is 44.0 Å². The van der Waals surface area contributed by atoms with Crippen LogP contribution >= 0.6 is 7.60 Å². The van der Waals surface area contributed by atoms with Crippen LogP contribution in [0, 0.1) is 0 Å². The van der Waals surface area contributed by atoms with Crippen LogP contribution in [-0.4, -0.2) is 39.1 Å². The summed E-state index contributed by atoms with van der Waals surface area (Å²) in [6.45, 7) is 12.3. The molecule has 0 saturated carbocycles. The maximum atomic E-state index is 12.6. The zero-order chi connectivity index (χ0) is 22.7. The molecule has 0 saturated heterocycles. The topological polar surface area (TPSA) is 74.0 Å². The number of ether oxygens (including phenoxy) is 1. The van der Waals surface area contributed by atoms with E-state index in [1.165, 1.54) is 22.5 Å². The molecule has 0 unspecified atom stereocenters. The SMILES string of the molecule is C=CCCC1=C(CN)N(CC)c2cc(OCCCP(=O)(OCC)OCC)ccc2CC1. The van der Waals surface area contributed by atoms with Gasteiger partial charge in [-0.15, -0.1) is 6.58 Å². The number of allylic oxidation sites excluding steroid dienone is 2. The van der Waals surface area contributed by atoms with Gasteiger partial charge in [0.1, 0.15) is 5.75 Å². The van der Waals surface area contributed by atoms with Crippen molar-refractivity contribution in [1.29, 1.82) is 0 Å². The predicted molar refractivity (Wildman–Crippen MR) is 129 cm³/mol. The number of likely N-dealkylation sites (N-methyl/N-ethyl adjacent to an activating group) is 1. The molecular weight excluding hydrogens is 411 g/mol. The molecule has 1 aromatic rings. The number of hydrogen-bond acceptors (Lipinski definition) is 6. The summed E-state index contributed by atoms with van der Waals surface area (Å²) in [5.74, 6) is 0.811. The van der Waals surface area contributed by atoms with Gasteiger partial charge in [0, 0.05) is 30.5 Å². The molecule has 2 rings (SSSR count). The third-order valence-electron chi connectivity index (χ3n) is 5.43. The van der Waals surface area contributed by atoms with Crippen LogP contribution in [0.1, 0.15) is 52.0 Å². The predicted octanol–water partition coefficient (Wildman–Crippen LogP) is 5.67. The second-order valence-corrected chi connectivity index (χ2v) is 9.67. The van der Waals surface area contributed by atoms with Gasteiger partial charge in [0.25, 0.3) is 0 Å². The van der Waals surface area contributed by atoms with E-state index in [0.717, 1.165) is 38.0 Å². The van der Waals surface area contributed by atoms with Crippen molar-refractivity contribution in [2.45, 2.75) is 52.9 Å². The minimum atomic E-state index is -3.02. The summed E-state index contributed by atoms with van der Waals surface area (Å²) < 4.78 is 29.3. The van der Waals surface area contributed by atoms with Crippen LogP contribution in [-0.2, 0) is 20.0 Å². The van der Waals surface area contributed by atoms with Gasteiger partial charge in [-0.25, -0.2) is 0 Å². The van der Waals surface area contributed by atoms with E-state index in [2.05, 4.69) is 30.5 Å². The Morgan fingerprint density at radius 1 is 1.19 bits per heavy atom. The highest BCUT2D eigenvalue weighted by atomic mass is 31.2. The van der Waals surface area contributed by atoms with E-state index in [-0.39, 0.29) is 0 Å². The van der Waals surface area contributed by atoms with Gasteiger partial charge in [-0.2, -0.15) is 0 Å². The highest BCUT2D eigenvalue weighted by molar-refractivity contribution is 7.53. The number of nitrogens with zero attached hydrogens (tertiary/aromatic N) is 1. The summed E-state index contributed by atoms with van der Waals surface area (Å²) in [5, 5.41) is 0. The molecule has 0 amide bonds. The number of anilines is 1. The van der Waals surface area contributed by atoms with Crippen LogP contribution in [0.2, 0.25) is 0 Å². The largest absolute Gasteiger partial charge is 0.494 e. The minimum absolute atomic E-state index is 0.355. The summed E-state index contributed by atoms with van der Waals surface area (Å²) in [6, 6.07) is 6.28. The van der Waals surface area contributed by atoms with Crippen molar-refractivity contribution in [3.63, 3.8) is 0 Å². The maximum Gasteiger partial charge on any atom is 0.330 e. The maximum absolute atomic E-state index is 12.6. The second kappa shape index (κ2) is 13.1. The summed E-state index contributed by atoms with van der Waals surface area (Å²) in [7, 11) is -3.02. The van der Waals surface area contributed by atoms with Crippen molar-refractivity contribution < 1.29 is 18.3 Å². The van der Waals surface area contributed by atoms with Crippen molar-refractivity contribution in [2.24, 2.45) is 5.73 Å². The van der Waals surface area contributed by atoms with E-state index in [1.807, 2.05) is 26.0 Å². The fraction of sp³-hybridized carbons (Fsp3) is 0.583. The monoisotopic (exact) mass is 450 g/mol. The third kappa shape index (κ3) is 7.21. The Kier molecular flexibility index (Phi) is 10.8. The van der Waals surface area contributed by atoms with Gasteiger partial charge >= 0.3 is 7.60 Å². The molecule has 1 aliphatic rings. The molecule has 0 spiro atoms. The molecule has 1 aliphatic heterocycles. The van der Waals surface area contributed by atoms with Crippen LogP contribution in [0.15, 0.2) is 42.1 Å². The van der Waals surface area contributed by atoms with Crippen molar-refractivity contribution in [3.8, 4) is 5.75 Å². The first-order chi connectivity index (χ1) is 15.0. The van der Waals surface area contributed by atoms with Crippen LogP contribution in [0.25, 0.3) is 0 Å². The lowest BCUT2D eigenvalue weighted by molar-refractivity contribution is 0.216. The average molecular weight is 451 g/mol. The van der Waals surface area contributed by atoms with Gasteiger partial charge < -0.3 is 24.4 Å². The number of nitrogens with two attached hydrogens (primary N) is 1. The fourth-order valence-corrected chi connectivity index (χ4v) is 5.67. The number of rotatable bonds is 14. The second-order valence-electron chi connectivity index (χ2n) is 7.49. The van der Waals surface area contributed by atoms with Crippen molar-refractivity contribution >= 4 is 13.3 Å². The van der Waals surface area contributed by atoms with E-state index in [0.29, 0.717) is 38.9 Å². The lowest BCUT2D eigenvalue weighted by Gasteiger charge is -2.28. The van der Waals surface area contributed by atoms with Gasteiger partial charge in [-0.1, -0.05) is 12.1 Å². The van der Waals surface area contributed by atoms with E-state index in [4.69, 9.17) is 19.5 Å². The molecule has 0 radical (unpaired) electrons. The molecule has 0 atom stereocenters. The summed E-state index contributed by atoms with van der Waals surface area (Å²) in [4.78, 5) is 2.33. The molecule has 6 nitrogen and oxygen atoms in total. The lowest BCUT2D eigenvalue weighted by Crippen LogP contribution is -2.28. The molecule has 0 bridgehead atoms. The first-order valence-electron chi connectivity index (χ1n) is 11.4. The molecule has 0 fully saturated rings. The van der Waals surface area contributed by atoms with Crippen LogP contribution in [0.4, 0.5) is 5.69 Å². The number of benzene rings is 1. The minimum Gasteiger partial charge on any atom is -0.494 e. The quantitative estimate of drug-likeness (QED) is 0.224. The molecular formula is C24H39N2O4P. The smallest absolute Gasteiger partial charge is 0.330 e. The fourth-order valence-electron chi connectivity index (χ4n) is 4.03. The summed E-state index contributed by atoms with van der Waals surface area (Å²) >= 11 is 0. The highest BCUT2D eigenvalue weighted by Gasteiger charge is 2.23. The summed E-state index contributed by atoms with van der Waals surface area (Å²) in [6.07, 6.45) is 6.91. The number of hydrogen-bond donors (Lipinski definition) is 1. The Morgan fingerprint density at radius 2 is 1.94 bits per heavy atom. The molecule has 174 valence electrons. The van der Waals surface area contributed by atoms with Gasteiger partial charge in [-0.05, 0) is 70.1 Å². The third-order valence-corrected chi connectivity index (χ3v) is 7.60. The normalized spacial score (nSPS) is 14.4. The van der Waals surface area contributed by atoms with Crippen LogP contribution in [0.5, 0.6) is 5.75 Å². The van der Waals surface area contributed by atoms with E-state index in [1.54, 1.807) is 0 Å². The van der Waals surface area contributed by atoms with Crippen LogP contribution < -0.4 is 15.4 Å². The molecule has 0 aliphatic carbocycles. The molecule has 1 aromatic carbocycles. The Labute approximate surface area is 188 Å². The van der Waals surface area contributed by atoms with Gasteiger partial charge in [0.05, 0.1) is 26.0 Å². The average Bonchev–Trinajstić information content (AvgIpc) is 2.91. The Hall–Kier alpha value is -1.59. The molecule has 7 heteroatoms. The van der Waals surface area contributed by atoms with Gasteiger partial charge in [0.15, 0.2) is 0 Å². The van der Waals surface area contributed by atoms with E-state index in [9.17, 15) is 4.57 Å². The van der Waals surface area contributed by atoms with Crippen LogP contribution in [0.3, 0.4) is 0 Å². The Balaban J connectivity index is 2.10. The van der Waals surface area contributed by atoms with Gasteiger partial charge in [-0.3, -0.25) is 4.57 Å². The molecule has 2 N–H and O–H groups in total. The first-order valence-corrected chi connectivity index (χ1v) is 13.2. The standard InChI is InChI=1S/C24H39N2O4P/c1-5-9-11-20-12-13-21-14-15-22(18-23(21)26(6-2)24(20)19-25)28-16-10-17-31(27,29-7-3)30-8-4/h5,14-15,18H,1,6-13,16-17,19,25H2,2-4H3. The molecule has 1 heterocycles. The van der Waals surface area contributed by atoms with Gasteiger partial charge in [0.2, 0.25) is 0 Å². The molecule has 31 heavy (non-hydrogen) atoms. The Morgan fingerprint density at radius 3 is 2.55 bits per heavy atom. The first kappa shape index (κ1) is 25.7. The lowest BCUT2D eigenvalue weighted by atomic mass is 10.0. The molecule has 0 aromatic heterocycles. The number of aryl methyl sites for hydroxylation is 1. The zero-order valence-corrected chi connectivity index (χ0v) is 20.3. The number of fused-ring (bicyclic) bond motifs is 1. The Bertz CT molecular complexity index is 784. The highest BCUT2D eigenvalue weighted by Crippen LogP contribution is 2.48. The van der Waals surface area contributed by atoms with Crippen molar-refractivity contribution in [3.05, 3.63) is 47.7 Å². The van der Waals surface area contributed by atoms with Crippen molar-refractivity contribution in [1.82, 2.24) is 0 Å². The zero-order valence-electron chi connectivity index (χ0n) is 19.4. The van der Waals surface area contributed by atoms with E-state index < -0.39 is 7.60 Å². The van der Waals surface area contributed by atoms with E-state index >= 15 is 0 Å². The summed E-state index contributed by atoms with van der Waals surface area (Å²) in [5.41, 5.74) is 11.3.